The lowest BCUT2D eigenvalue weighted by atomic mass is 10.1. The molecule has 0 unspecified atom stereocenters. The number of non-ortho nitro benzene ring substituents is 1. The number of nitrogens with two attached hydrogens (primary N) is 1. The van der Waals surface area contributed by atoms with Crippen molar-refractivity contribution in [1.82, 2.24) is 0 Å². The van der Waals surface area contributed by atoms with Gasteiger partial charge >= 0.3 is 0 Å². The molecule has 0 aliphatic rings. The van der Waals surface area contributed by atoms with E-state index in [0.717, 1.165) is 12.1 Å². The molecule has 0 saturated carbocycles. The van der Waals surface area contributed by atoms with E-state index >= 15 is 0 Å². The lowest BCUT2D eigenvalue weighted by Gasteiger charge is -2.03. The number of halogens is 2. The smallest absolute Gasteiger partial charge is 0.271 e. The van der Waals surface area contributed by atoms with Crippen molar-refractivity contribution in [2.45, 2.75) is 0 Å². The van der Waals surface area contributed by atoms with Crippen LogP contribution in [-0.2, 0) is 0 Å². The molecule has 1 rings (SSSR count). The van der Waals surface area contributed by atoms with Crippen molar-refractivity contribution in [1.29, 1.82) is 0 Å². The third-order valence-electron chi connectivity index (χ3n) is 1.71. The summed E-state index contributed by atoms with van der Waals surface area (Å²) in [6, 6.07) is 2.14. The van der Waals surface area contributed by atoms with Crippen LogP contribution >= 0.6 is 23.2 Å². The molecule has 2 N–H and O–H groups in total. The van der Waals surface area contributed by atoms with E-state index < -0.39 is 10.7 Å². The van der Waals surface area contributed by atoms with E-state index in [2.05, 4.69) is 0 Å². The molecule has 1 aromatic carbocycles. The molecule has 0 aliphatic heterocycles. The van der Waals surface area contributed by atoms with Crippen molar-refractivity contribution in [3.63, 3.8) is 0 Å². The zero-order valence-corrected chi connectivity index (χ0v) is 8.88. The predicted octanol–water partition coefficient (Wildman–Crippen LogP) is 2.04. The maximum Gasteiger partial charge on any atom is 0.271 e. The molecule has 0 atom stereocenters. The minimum absolute atomic E-state index is 0.0160. The van der Waals surface area contributed by atoms with Crippen LogP contribution in [0, 0.1) is 10.1 Å². The predicted molar refractivity (Wildman–Crippen MR) is 56.5 cm³/mol. The van der Waals surface area contributed by atoms with Gasteiger partial charge in [0.2, 0.25) is 0 Å². The number of hydrogen-bond donors (Lipinski definition) is 1. The molecule has 0 heterocycles. The van der Waals surface area contributed by atoms with Gasteiger partial charge in [0, 0.05) is 17.7 Å². The van der Waals surface area contributed by atoms with E-state index in [1.165, 1.54) is 0 Å². The first kappa shape index (κ1) is 11.9. The Labute approximate surface area is 94.9 Å². The maximum atomic E-state index is 11.3. The van der Waals surface area contributed by atoms with Crippen LogP contribution in [0.4, 0.5) is 5.69 Å². The second-order valence-corrected chi connectivity index (χ2v) is 3.46. The number of nitrogens with zero attached hydrogens (tertiary/aromatic N) is 1. The molecule has 0 aromatic heterocycles. The molecule has 0 fully saturated rings. The van der Waals surface area contributed by atoms with E-state index in [1.54, 1.807) is 0 Å². The van der Waals surface area contributed by atoms with Crippen LogP contribution in [0.15, 0.2) is 12.1 Å². The number of carbonyl (C=O) groups is 1. The molecule has 1 aromatic rings. The van der Waals surface area contributed by atoms with Gasteiger partial charge in [-0.3, -0.25) is 14.9 Å². The van der Waals surface area contributed by atoms with Crippen LogP contribution < -0.4 is 5.73 Å². The highest BCUT2D eigenvalue weighted by Crippen LogP contribution is 2.30. The van der Waals surface area contributed by atoms with Crippen molar-refractivity contribution >= 4 is 34.7 Å². The summed E-state index contributed by atoms with van der Waals surface area (Å²) in [5, 5.41) is 10.4. The highest BCUT2D eigenvalue weighted by molar-refractivity contribution is 6.44. The van der Waals surface area contributed by atoms with Crippen molar-refractivity contribution in [3.05, 3.63) is 37.9 Å². The van der Waals surface area contributed by atoms with Crippen molar-refractivity contribution < 1.29 is 9.72 Å². The van der Waals surface area contributed by atoms with Crippen LogP contribution in [-0.4, -0.2) is 17.3 Å². The fourth-order valence-corrected chi connectivity index (χ4v) is 1.42. The molecule has 0 saturated heterocycles. The van der Waals surface area contributed by atoms with Gasteiger partial charge in [-0.15, -0.1) is 0 Å². The molecule has 0 aliphatic carbocycles. The van der Waals surface area contributed by atoms with E-state index in [9.17, 15) is 14.9 Å². The van der Waals surface area contributed by atoms with E-state index in [4.69, 9.17) is 28.9 Å². The third-order valence-corrected chi connectivity index (χ3v) is 2.51. The van der Waals surface area contributed by atoms with E-state index in [0.29, 0.717) is 0 Å². The summed E-state index contributed by atoms with van der Waals surface area (Å²) in [5.41, 5.74) is 4.81. The van der Waals surface area contributed by atoms with Crippen molar-refractivity contribution in [2.75, 3.05) is 6.54 Å². The number of carbonyl (C=O) groups excluding carboxylic acids is 1. The number of hydrogen-bond acceptors (Lipinski definition) is 4. The molecule has 15 heavy (non-hydrogen) atoms. The Hall–Kier alpha value is -1.17. The summed E-state index contributed by atoms with van der Waals surface area (Å²) in [4.78, 5) is 21.1. The molecule has 7 heteroatoms. The van der Waals surface area contributed by atoms with Gasteiger partial charge in [0.15, 0.2) is 5.78 Å². The Morgan fingerprint density at radius 1 is 1.47 bits per heavy atom. The topological polar surface area (TPSA) is 86.2 Å². The average Bonchev–Trinajstić information content (AvgIpc) is 2.20. The van der Waals surface area contributed by atoms with Gasteiger partial charge in [0.05, 0.1) is 21.5 Å². The van der Waals surface area contributed by atoms with Crippen LogP contribution in [0.5, 0.6) is 0 Å². The molecule has 0 amide bonds. The summed E-state index contributed by atoms with van der Waals surface area (Å²) >= 11 is 11.3. The highest BCUT2D eigenvalue weighted by atomic mass is 35.5. The minimum atomic E-state index is -0.657. The Bertz CT molecular complexity index is 434. The monoisotopic (exact) mass is 248 g/mol. The van der Waals surface area contributed by atoms with Crippen LogP contribution in [0.2, 0.25) is 10.0 Å². The minimum Gasteiger partial charge on any atom is -0.324 e. The van der Waals surface area contributed by atoms with E-state index in [-0.39, 0.29) is 27.8 Å². The van der Waals surface area contributed by atoms with Crippen LogP contribution in [0.3, 0.4) is 0 Å². The van der Waals surface area contributed by atoms with E-state index in [1.807, 2.05) is 0 Å². The number of rotatable bonds is 3. The van der Waals surface area contributed by atoms with Gasteiger partial charge in [-0.2, -0.15) is 0 Å². The molecule has 0 spiro atoms. The molecule has 0 bridgehead atoms. The van der Waals surface area contributed by atoms with Gasteiger partial charge < -0.3 is 5.73 Å². The number of benzene rings is 1. The summed E-state index contributed by atoms with van der Waals surface area (Å²) in [5.74, 6) is -0.495. The second-order valence-electron chi connectivity index (χ2n) is 2.67. The Kier molecular flexibility index (Phi) is 3.62. The summed E-state index contributed by atoms with van der Waals surface area (Å²) in [6.45, 7) is -0.281. The third kappa shape index (κ3) is 2.44. The fourth-order valence-electron chi connectivity index (χ4n) is 0.993. The van der Waals surface area contributed by atoms with Gasteiger partial charge in [-0.25, -0.2) is 0 Å². The first-order valence-electron chi connectivity index (χ1n) is 3.84. The number of nitro benzene ring substituents is 1. The molecular formula is C8H6Cl2N2O3. The first-order valence-corrected chi connectivity index (χ1v) is 4.59. The van der Waals surface area contributed by atoms with Crippen molar-refractivity contribution in [2.24, 2.45) is 5.73 Å². The molecule has 5 nitrogen and oxygen atoms in total. The molecular weight excluding hydrogens is 243 g/mol. The number of ketones is 1. The zero-order valence-electron chi connectivity index (χ0n) is 7.37. The zero-order chi connectivity index (χ0) is 11.6. The normalized spacial score (nSPS) is 10.1. The molecule has 80 valence electrons. The number of nitro groups is 1. The van der Waals surface area contributed by atoms with Gasteiger partial charge in [0.25, 0.3) is 5.69 Å². The summed E-state index contributed by atoms with van der Waals surface area (Å²) in [6.07, 6.45) is 0. The van der Waals surface area contributed by atoms with Crippen LogP contribution in [0.25, 0.3) is 0 Å². The Balaban J connectivity index is 3.37. The van der Waals surface area contributed by atoms with Crippen molar-refractivity contribution in [3.8, 4) is 0 Å². The second kappa shape index (κ2) is 4.57. The largest absolute Gasteiger partial charge is 0.324 e. The van der Waals surface area contributed by atoms with Gasteiger partial charge in [0.1, 0.15) is 0 Å². The summed E-state index contributed by atoms with van der Waals surface area (Å²) in [7, 11) is 0. The lowest BCUT2D eigenvalue weighted by molar-refractivity contribution is -0.384. The lowest BCUT2D eigenvalue weighted by Crippen LogP contribution is -2.14. The summed E-state index contributed by atoms with van der Waals surface area (Å²) < 4.78 is 0. The van der Waals surface area contributed by atoms with Gasteiger partial charge in [-0.05, 0) is 0 Å². The standard InChI is InChI=1S/C8H6Cl2N2O3/c9-6-2-4(12(14)15)1-5(8(6)10)7(13)3-11/h1-2H,3,11H2. The Morgan fingerprint density at radius 2 is 2.07 bits per heavy atom. The Morgan fingerprint density at radius 3 is 2.53 bits per heavy atom. The highest BCUT2D eigenvalue weighted by Gasteiger charge is 2.18. The maximum absolute atomic E-state index is 11.3. The van der Waals surface area contributed by atoms with Gasteiger partial charge in [-0.1, -0.05) is 23.2 Å². The number of Topliss-reactive ketones (excluding diaryl/α,β-unsaturated/α-hetero) is 1. The SMILES string of the molecule is NCC(=O)c1cc([N+](=O)[O-])cc(Cl)c1Cl. The molecule has 0 radical (unpaired) electrons. The first-order chi connectivity index (χ1) is 6.97. The quantitative estimate of drug-likeness (QED) is 0.504. The van der Waals surface area contributed by atoms with Crippen LogP contribution in [0.1, 0.15) is 10.4 Å². The fraction of sp³-hybridized carbons (Fsp3) is 0.125. The average molecular weight is 249 g/mol.